The molecular formula is C7H15O5P. The van der Waals surface area contributed by atoms with Crippen molar-refractivity contribution in [3.63, 3.8) is 0 Å². The minimum absolute atomic E-state index is 0.0217. The van der Waals surface area contributed by atoms with E-state index in [0.29, 0.717) is 6.61 Å². The quantitative estimate of drug-likeness (QED) is 0.689. The molecule has 6 heteroatoms. The Labute approximate surface area is 77.5 Å². The molecule has 1 N–H and O–H groups in total. The van der Waals surface area contributed by atoms with Crippen LogP contribution in [0.3, 0.4) is 0 Å². The molecule has 0 aromatic rings. The van der Waals surface area contributed by atoms with Gasteiger partial charge < -0.3 is 18.9 Å². The van der Waals surface area contributed by atoms with Crippen LogP contribution in [0, 0.1) is 0 Å². The molecule has 1 saturated heterocycles. The normalized spacial score (nSPS) is 33.2. The Kier molecular flexibility index (Phi) is 3.88. The highest BCUT2D eigenvalue weighted by molar-refractivity contribution is 7.51. The van der Waals surface area contributed by atoms with E-state index in [-0.39, 0.29) is 18.8 Å². The van der Waals surface area contributed by atoms with E-state index in [4.69, 9.17) is 18.9 Å². The third-order valence-corrected chi connectivity index (χ3v) is 2.56. The number of hydrogen-bond acceptors (Lipinski definition) is 4. The van der Waals surface area contributed by atoms with Crippen molar-refractivity contribution in [2.45, 2.75) is 18.6 Å². The van der Waals surface area contributed by atoms with Gasteiger partial charge in [0, 0.05) is 20.4 Å². The molecule has 1 rings (SSSR count). The molecule has 0 aliphatic carbocycles. The number of methoxy groups -OCH3 is 1. The van der Waals surface area contributed by atoms with E-state index in [2.05, 4.69) is 0 Å². The smallest absolute Gasteiger partial charge is 0.325 e. The second-order valence-corrected chi connectivity index (χ2v) is 4.93. The van der Waals surface area contributed by atoms with Gasteiger partial charge in [-0.15, -0.1) is 0 Å². The van der Waals surface area contributed by atoms with E-state index in [9.17, 15) is 4.57 Å². The van der Waals surface area contributed by atoms with E-state index in [0.717, 1.165) is 13.1 Å². The molecule has 1 heterocycles. The Balaban J connectivity index is 2.32. The summed E-state index contributed by atoms with van der Waals surface area (Å²) in [5.41, 5.74) is 0. The number of hydrogen-bond donors (Lipinski definition) is 1. The maximum Gasteiger partial charge on any atom is 0.325 e. The van der Waals surface area contributed by atoms with Crippen molar-refractivity contribution in [1.29, 1.82) is 0 Å². The molecular weight excluding hydrogens is 195 g/mol. The van der Waals surface area contributed by atoms with E-state index >= 15 is 0 Å². The summed E-state index contributed by atoms with van der Waals surface area (Å²) < 4.78 is 25.9. The SMILES string of the molecule is COC1CCO[C@@H]1COP(C)(=O)O. The first-order valence-corrected chi connectivity index (χ1v) is 6.14. The van der Waals surface area contributed by atoms with Crippen molar-refractivity contribution in [2.24, 2.45) is 0 Å². The van der Waals surface area contributed by atoms with Gasteiger partial charge >= 0.3 is 7.60 Å². The van der Waals surface area contributed by atoms with Crippen LogP contribution < -0.4 is 0 Å². The van der Waals surface area contributed by atoms with Crippen molar-refractivity contribution >= 4 is 7.60 Å². The van der Waals surface area contributed by atoms with Crippen LogP contribution in [0.1, 0.15) is 6.42 Å². The van der Waals surface area contributed by atoms with Crippen molar-refractivity contribution < 1.29 is 23.5 Å². The summed E-state index contributed by atoms with van der Waals surface area (Å²) in [5, 5.41) is 0. The van der Waals surface area contributed by atoms with Crippen molar-refractivity contribution in [3.8, 4) is 0 Å². The van der Waals surface area contributed by atoms with Crippen LogP contribution in [0.15, 0.2) is 0 Å². The van der Waals surface area contributed by atoms with Gasteiger partial charge in [0.25, 0.3) is 0 Å². The first-order valence-electron chi connectivity index (χ1n) is 4.12. The van der Waals surface area contributed by atoms with Crippen molar-refractivity contribution in [2.75, 3.05) is 27.0 Å². The van der Waals surface area contributed by atoms with Crippen molar-refractivity contribution in [3.05, 3.63) is 0 Å². The predicted octanol–water partition coefficient (Wildman–Crippen LogP) is 0.622. The topological polar surface area (TPSA) is 65.0 Å². The van der Waals surface area contributed by atoms with Crippen LogP contribution in [0.5, 0.6) is 0 Å². The minimum atomic E-state index is -3.39. The Morgan fingerprint density at radius 3 is 2.92 bits per heavy atom. The van der Waals surface area contributed by atoms with Gasteiger partial charge in [0.15, 0.2) is 0 Å². The molecule has 0 bridgehead atoms. The molecule has 78 valence electrons. The highest BCUT2D eigenvalue weighted by atomic mass is 31.2. The fourth-order valence-electron chi connectivity index (χ4n) is 1.27. The highest BCUT2D eigenvalue weighted by Crippen LogP contribution is 2.37. The molecule has 0 radical (unpaired) electrons. The van der Waals surface area contributed by atoms with Gasteiger partial charge in [0.2, 0.25) is 0 Å². The lowest BCUT2D eigenvalue weighted by atomic mass is 10.2. The monoisotopic (exact) mass is 210 g/mol. The average molecular weight is 210 g/mol. The third kappa shape index (κ3) is 3.75. The standard InChI is InChI=1S/C7H15O5P/c1-10-6-3-4-11-7(6)5-12-13(2,8)9/h6-7H,3-5H2,1-2H3,(H,8,9)/t6?,7-/m1/s1. The summed E-state index contributed by atoms with van der Waals surface area (Å²) in [7, 11) is -1.80. The molecule has 0 spiro atoms. The second kappa shape index (κ2) is 4.53. The van der Waals surface area contributed by atoms with E-state index in [1.807, 2.05) is 0 Å². The Bertz CT molecular complexity index is 201. The Morgan fingerprint density at radius 1 is 1.69 bits per heavy atom. The molecule has 0 amide bonds. The Hall–Kier alpha value is 0.0700. The molecule has 1 aliphatic rings. The molecule has 0 saturated carbocycles. The summed E-state index contributed by atoms with van der Waals surface area (Å²) in [6.07, 6.45) is 0.571. The van der Waals surface area contributed by atoms with E-state index in [1.54, 1.807) is 7.11 Å². The van der Waals surface area contributed by atoms with Gasteiger partial charge in [0.1, 0.15) is 6.10 Å². The Morgan fingerprint density at radius 2 is 2.38 bits per heavy atom. The first-order chi connectivity index (χ1) is 6.03. The second-order valence-electron chi connectivity index (χ2n) is 3.07. The molecule has 5 nitrogen and oxygen atoms in total. The lowest BCUT2D eigenvalue weighted by Crippen LogP contribution is -2.27. The van der Waals surface area contributed by atoms with Crippen LogP contribution in [-0.2, 0) is 18.6 Å². The van der Waals surface area contributed by atoms with E-state index in [1.165, 1.54) is 0 Å². The molecule has 3 atom stereocenters. The van der Waals surface area contributed by atoms with Gasteiger partial charge in [-0.05, 0) is 6.42 Å². The maximum absolute atomic E-state index is 10.8. The van der Waals surface area contributed by atoms with Crippen LogP contribution in [-0.4, -0.2) is 44.1 Å². The molecule has 0 aromatic heterocycles. The summed E-state index contributed by atoms with van der Waals surface area (Å²) >= 11 is 0. The predicted molar refractivity (Wildman–Crippen MR) is 46.9 cm³/mol. The number of rotatable bonds is 4. The summed E-state index contributed by atoms with van der Waals surface area (Å²) in [5.74, 6) is 0. The number of ether oxygens (including phenoxy) is 2. The van der Waals surface area contributed by atoms with Crippen LogP contribution in [0.4, 0.5) is 0 Å². The summed E-state index contributed by atoms with van der Waals surface area (Å²) in [6.45, 7) is 1.89. The van der Waals surface area contributed by atoms with Gasteiger partial charge in [0.05, 0.1) is 12.7 Å². The fourth-order valence-corrected chi connectivity index (χ4v) is 1.69. The molecule has 0 aromatic carbocycles. The maximum atomic E-state index is 10.8. The molecule has 13 heavy (non-hydrogen) atoms. The average Bonchev–Trinajstić information content (AvgIpc) is 2.46. The highest BCUT2D eigenvalue weighted by Gasteiger charge is 2.29. The van der Waals surface area contributed by atoms with Gasteiger partial charge in [-0.25, -0.2) is 0 Å². The van der Waals surface area contributed by atoms with Crippen LogP contribution in [0.25, 0.3) is 0 Å². The lowest BCUT2D eigenvalue weighted by Gasteiger charge is -2.17. The van der Waals surface area contributed by atoms with E-state index < -0.39 is 7.60 Å². The fraction of sp³-hybridized carbons (Fsp3) is 1.00. The van der Waals surface area contributed by atoms with Crippen LogP contribution >= 0.6 is 7.60 Å². The van der Waals surface area contributed by atoms with Crippen LogP contribution in [0.2, 0.25) is 0 Å². The third-order valence-electron chi connectivity index (χ3n) is 1.93. The zero-order valence-electron chi connectivity index (χ0n) is 7.80. The zero-order chi connectivity index (χ0) is 9.90. The van der Waals surface area contributed by atoms with Gasteiger partial charge in [-0.3, -0.25) is 4.57 Å². The largest absolute Gasteiger partial charge is 0.379 e. The van der Waals surface area contributed by atoms with Gasteiger partial charge in [-0.2, -0.15) is 0 Å². The molecule has 1 aliphatic heterocycles. The first kappa shape index (κ1) is 11.1. The minimum Gasteiger partial charge on any atom is -0.379 e. The van der Waals surface area contributed by atoms with Gasteiger partial charge in [-0.1, -0.05) is 0 Å². The van der Waals surface area contributed by atoms with Crippen molar-refractivity contribution in [1.82, 2.24) is 0 Å². The lowest BCUT2D eigenvalue weighted by molar-refractivity contribution is -0.0104. The molecule has 2 unspecified atom stereocenters. The molecule has 1 fully saturated rings. The zero-order valence-corrected chi connectivity index (χ0v) is 8.70. The summed E-state index contributed by atoms with van der Waals surface area (Å²) in [4.78, 5) is 8.87. The summed E-state index contributed by atoms with van der Waals surface area (Å²) in [6, 6.07) is 0.